The summed E-state index contributed by atoms with van der Waals surface area (Å²) in [6.45, 7) is 2.14. The molecule has 0 aliphatic carbocycles. The van der Waals surface area contributed by atoms with Crippen molar-refractivity contribution in [1.29, 1.82) is 0 Å². The molecule has 6 nitrogen and oxygen atoms in total. The predicted octanol–water partition coefficient (Wildman–Crippen LogP) is 3.93. The number of fused-ring (bicyclic) bond motifs is 2. The van der Waals surface area contributed by atoms with Crippen molar-refractivity contribution >= 4 is 43.6 Å². The summed E-state index contributed by atoms with van der Waals surface area (Å²) in [5.74, 6) is -0.260. The second kappa shape index (κ2) is 7.59. The average molecular weight is 395 g/mol. The first kappa shape index (κ1) is 18.4. The molecule has 0 atom stereocenters. The SMILES string of the molecule is CCCCc1ccc2nc(NC(=O)Cn3c(=O)n(C)c4ccccc43)sc2c1. The lowest BCUT2D eigenvalue weighted by Crippen LogP contribution is -2.28. The number of benzene rings is 2. The van der Waals surface area contributed by atoms with Crippen LogP contribution in [-0.4, -0.2) is 20.0 Å². The molecule has 2 heterocycles. The second-order valence-corrected chi connectivity index (χ2v) is 7.92. The fourth-order valence-electron chi connectivity index (χ4n) is 3.38. The number of aromatic nitrogens is 3. The summed E-state index contributed by atoms with van der Waals surface area (Å²) < 4.78 is 4.10. The molecule has 4 rings (SSSR count). The van der Waals surface area contributed by atoms with Crippen LogP contribution in [0, 0.1) is 0 Å². The molecule has 144 valence electrons. The van der Waals surface area contributed by atoms with Gasteiger partial charge in [-0.1, -0.05) is 42.9 Å². The number of carbonyl (C=O) groups excluding carboxylic acids is 1. The van der Waals surface area contributed by atoms with Gasteiger partial charge in [-0.15, -0.1) is 0 Å². The molecular formula is C21H22N4O2S. The fourth-order valence-corrected chi connectivity index (χ4v) is 4.32. The Hall–Kier alpha value is -2.93. The van der Waals surface area contributed by atoms with E-state index in [0.29, 0.717) is 5.13 Å². The van der Waals surface area contributed by atoms with E-state index in [-0.39, 0.29) is 18.1 Å². The zero-order valence-corrected chi connectivity index (χ0v) is 16.8. The van der Waals surface area contributed by atoms with Crippen LogP contribution >= 0.6 is 11.3 Å². The number of unbranched alkanes of at least 4 members (excludes halogenated alkanes) is 1. The lowest BCUT2D eigenvalue weighted by atomic mass is 10.1. The quantitative estimate of drug-likeness (QED) is 0.539. The number of nitrogens with one attached hydrogen (secondary N) is 1. The zero-order valence-electron chi connectivity index (χ0n) is 15.9. The number of nitrogens with zero attached hydrogens (tertiary/aromatic N) is 3. The van der Waals surface area contributed by atoms with Gasteiger partial charge < -0.3 is 5.32 Å². The van der Waals surface area contributed by atoms with Crippen molar-refractivity contribution in [1.82, 2.24) is 14.1 Å². The van der Waals surface area contributed by atoms with Crippen molar-refractivity contribution in [2.24, 2.45) is 7.05 Å². The van der Waals surface area contributed by atoms with Gasteiger partial charge in [0, 0.05) is 7.05 Å². The van der Waals surface area contributed by atoms with E-state index in [9.17, 15) is 9.59 Å². The minimum atomic E-state index is -0.260. The van der Waals surface area contributed by atoms with E-state index in [1.807, 2.05) is 30.3 Å². The molecule has 0 saturated heterocycles. The standard InChI is InChI=1S/C21H22N4O2S/c1-3-4-7-14-10-11-15-18(12-14)28-20(22-15)23-19(26)13-25-17-9-6-5-8-16(17)24(2)21(25)27/h5-6,8-12H,3-4,7,13H2,1-2H3,(H,22,23,26). The molecular weight excluding hydrogens is 372 g/mol. The van der Waals surface area contributed by atoms with Gasteiger partial charge >= 0.3 is 5.69 Å². The van der Waals surface area contributed by atoms with Crippen LogP contribution in [0.4, 0.5) is 5.13 Å². The van der Waals surface area contributed by atoms with Crippen molar-refractivity contribution in [3.63, 3.8) is 0 Å². The van der Waals surface area contributed by atoms with Gasteiger partial charge in [-0.3, -0.25) is 13.9 Å². The number of hydrogen-bond acceptors (Lipinski definition) is 4. The molecule has 1 amide bonds. The summed E-state index contributed by atoms with van der Waals surface area (Å²) in [5.41, 5.74) is 3.51. The summed E-state index contributed by atoms with van der Waals surface area (Å²) in [6, 6.07) is 13.7. The van der Waals surface area contributed by atoms with Gasteiger partial charge in [-0.2, -0.15) is 0 Å². The Bertz CT molecular complexity index is 1220. The average Bonchev–Trinajstić information content (AvgIpc) is 3.20. The Morgan fingerprint density at radius 1 is 1.18 bits per heavy atom. The maximum atomic E-state index is 12.6. The van der Waals surface area contributed by atoms with Crippen molar-refractivity contribution in [3.05, 3.63) is 58.5 Å². The van der Waals surface area contributed by atoms with Gasteiger partial charge in [0.25, 0.3) is 0 Å². The van der Waals surface area contributed by atoms with Gasteiger partial charge in [-0.05, 0) is 42.7 Å². The van der Waals surface area contributed by atoms with Crippen LogP contribution in [0.2, 0.25) is 0 Å². The highest BCUT2D eigenvalue weighted by Crippen LogP contribution is 2.27. The first-order chi connectivity index (χ1) is 13.6. The van der Waals surface area contributed by atoms with Crippen LogP contribution in [0.15, 0.2) is 47.3 Å². The molecule has 0 saturated carbocycles. The van der Waals surface area contributed by atoms with Gasteiger partial charge in [0.05, 0.1) is 21.3 Å². The molecule has 28 heavy (non-hydrogen) atoms. The number of carbonyl (C=O) groups is 1. The highest BCUT2D eigenvalue weighted by molar-refractivity contribution is 7.22. The van der Waals surface area contributed by atoms with Crippen LogP contribution < -0.4 is 11.0 Å². The van der Waals surface area contributed by atoms with E-state index in [1.165, 1.54) is 21.5 Å². The Labute approximate surface area is 166 Å². The smallest absolute Gasteiger partial charge is 0.300 e. The lowest BCUT2D eigenvalue weighted by Gasteiger charge is -2.03. The first-order valence-electron chi connectivity index (χ1n) is 9.40. The highest BCUT2D eigenvalue weighted by atomic mass is 32.1. The summed E-state index contributed by atoms with van der Waals surface area (Å²) in [5, 5.41) is 3.40. The molecule has 1 N–H and O–H groups in total. The number of imidazole rings is 1. The molecule has 2 aromatic heterocycles. The molecule has 0 spiro atoms. The van der Waals surface area contributed by atoms with Crippen LogP contribution in [0.25, 0.3) is 21.3 Å². The van der Waals surface area contributed by atoms with E-state index < -0.39 is 0 Å². The third kappa shape index (κ3) is 3.45. The summed E-state index contributed by atoms with van der Waals surface area (Å²) in [7, 11) is 1.71. The molecule has 4 aromatic rings. The summed E-state index contributed by atoms with van der Waals surface area (Å²) in [6.07, 6.45) is 3.37. The maximum absolute atomic E-state index is 12.6. The van der Waals surface area contributed by atoms with E-state index in [2.05, 4.69) is 29.4 Å². The minimum absolute atomic E-state index is 0.0438. The molecule has 0 radical (unpaired) electrons. The number of rotatable bonds is 6. The molecule has 7 heteroatoms. The van der Waals surface area contributed by atoms with Gasteiger partial charge in [0.2, 0.25) is 5.91 Å². The number of thiazole rings is 1. The van der Waals surface area contributed by atoms with Crippen molar-refractivity contribution in [3.8, 4) is 0 Å². The third-order valence-electron chi connectivity index (χ3n) is 4.87. The number of para-hydroxylation sites is 2. The first-order valence-corrected chi connectivity index (χ1v) is 10.2. The van der Waals surface area contributed by atoms with E-state index in [0.717, 1.165) is 40.5 Å². The number of hydrogen-bond donors (Lipinski definition) is 1. The number of amides is 1. The second-order valence-electron chi connectivity index (χ2n) is 6.89. The van der Waals surface area contributed by atoms with Crippen LogP contribution in [0.3, 0.4) is 0 Å². The van der Waals surface area contributed by atoms with Crippen molar-refractivity contribution in [2.45, 2.75) is 32.7 Å². The minimum Gasteiger partial charge on any atom is -0.300 e. The van der Waals surface area contributed by atoms with Gasteiger partial charge in [0.15, 0.2) is 5.13 Å². The molecule has 2 aromatic carbocycles. The summed E-state index contributed by atoms with van der Waals surface area (Å²) in [4.78, 5) is 29.5. The van der Waals surface area contributed by atoms with Crippen molar-refractivity contribution < 1.29 is 4.79 Å². The normalized spacial score (nSPS) is 11.4. The lowest BCUT2D eigenvalue weighted by molar-refractivity contribution is -0.116. The van der Waals surface area contributed by atoms with Gasteiger partial charge in [0.1, 0.15) is 6.54 Å². The fraction of sp³-hybridized carbons (Fsp3) is 0.286. The van der Waals surface area contributed by atoms with Crippen molar-refractivity contribution in [2.75, 3.05) is 5.32 Å². The number of aryl methyl sites for hydroxylation is 2. The summed E-state index contributed by atoms with van der Waals surface area (Å²) >= 11 is 1.46. The third-order valence-corrected chi connectivity index (χ3v) is 5.81. The molecule has 0 aliphatic heterocycles. The molecule has 0 unspecified atom stereocenters. The molecule has 0 fully saturated rings. The Morgan fingerprint density at radius 2 is 1.96 bits per heavy atom. The van der Waals surface area contributed by atoms with Crippen LogP contribution in [-0.2, 0) is 24.8 Å². The zero-order chi connectivity index (χ0) is 19.7. The van der Waals surface area contributed by atoms with Gasteiger partial charge in [-0.25, -0.2) is 9.78 Å². The Kier molecular flexibility index (Phi) is 5.00. The Morgan fingerprint density at radius 3 is 2.75 bits per heavy atom. The Balaban J connectivity index is 1.54. The van der Waals surface area contributed by atoms with Crippen LogP contribution in [0.1, 0.15) is 25.3 Å². The van der Waals surface area contributed by atoms with Crippen LogP contribution in [0.5, 0.6) is 0 Å². The monoisotopic (exact) mass is 394 g/mol. The largest absolute Gasteiger partial charge is 0.329 e. The maximum Gasteiger partial charge on any atom is 0.329 e. The number of anilines is 1. The van der Waals surface area contributed by atoms with E-state index >= 15 is 0 Å². The molecule has 0 bridgehead atoms. The molecule has 0 aliphatic rings. The van der Waals surface area contributed by atoms with E-state index in [1.54, 1.807) is 11.6 Å². The topological polar surface area (TPSA) is 68.9 Å². The highest BCUT2D eigenvalue weighted by Gasteiger charge is 2.14. The predicted molar refractivity (Wildman–Crippen MR) is 114 cm³/mol. The van der Waals surface area contributed by atoms with E-state index in [4.69, 9.17) is 0 Å².